The number of aliphatic hydroxyl groups excluding tert-OH is 1. The van der Waals surface area contributed by atoms with Gasteiger partial charge in [-0.15, -0.1) is 0 Å². The number of ether oxygens (including phenoxy) is 1. The van der Waals surface area contributed by atoms with Gasteiger partial charge in [0.25, 0.3) is 0 Å². The maximum atomic E-state index is 13.4. The largest absolute Gasteiger partial charge is 0.491 e. The molecule has 0 amide bonds. The third-order valence-electron chi connectivity index (χ3n) is 3.73. The molecule has 142 valence electrons. The van der Waals surface area contributed by atoms with Gasteiger partial charge in [0.2, 0.25) is 0 Å². The quantitative estimate of drug-likeness (QED) is 0.638. The lowest BCUT2D eigenvalue weighted by Crippen LogP contribution is -2.26. The van der Waals surface area contributed by atoms with Gasteiger partial charge in [-0.05, 0) is 42.5 Å². The van der Waals surface area contributed by atoms with Crippen molar-refractivity contribution in [1.82, 2.24) is 9.97 Å². The second-order valence-corrected chi connectivity index (χ2v) is 5.75. The second kappa shape index (κ2) is 7.75. The molecule has 1 unspecified atom stereocenters. The summed E-state index contributed by atoms with van der Waals surface area (Å²) in [5.74, 6) is 0.122. The molecule has 1 atom stereocenters. The highest BCUT2D eigenvalue weighted by Crippen LogP contribution is 2.30. The molecule has 2 aromatic carbocycles. The van der Waals surface area contributed by atoms with E-state index in [9.17, 15) is 22.7 Å². The molecule has 3 aromatic rings. The molecular weight excluding hydrogens is 366 g/mol. The molecule has 0 saturated heterocycles. The SMILES string of the molecule is OC(CNc1ncnc2ccc(F)cc12)COc1ccc(C(F)(F)F)cc1. The zero-order chi connectivity index (χ0) is 19.4. The van der Waals surface area contributed by atoms with Crippen LogP contribution in [0.1, 0.15) is 5.56 Å². The zero-order valence-electron chi connectivity index (χ0n) is 13.9. The van der Waals surface area contributed by atoms with Gasteiger partial charge in [-0.2, -0.15) is 13.2 Å². The van der Waals surface area contributed by atoms with Crippen molar-refractivity contribution in [2.24, 2.45) is 0 Å². The standard InChI is InChI=1S/C18H15F4N3O2/c19-12-3-6-16-15(7-12)17(25-10-24-16)23-8-13(26)9-27-14-4-1-11(2-5-14)18(20,21)22/h1-7,10,13,26H,8-9H2,(H,23,24,25). The van der Waals surface area contributed by atoms with Crippen LogP contribution in [0.4, 0.5) is 23.4 Å². The van der Waals surface area contributed by atoms with E-state index in [1.165, 1.54) is 36.7 Å². The van der Waals surface area contributed by atoms with Crippen molar-refractivity contribution in [2.75, 3.05) is 18.5 Å². The first-order valence-corrected chi connectivity index (χ1v) is 7.95. The lowest BCUT2D eigenvalue weighted by Gasteiger charge is -2.15. The molecule has 5 nitrogen and oxygen atoms in total. The van der Waals surface area contributed by atoms with Gasteiger partial charge >= 0.3 is 6.18 Å². The highest BCUT2D eigenvalue weighted by molar-refractivity contribution is 5.88. The molecule has 0 aliphatic rings. The lowest BCUT2D eigenvalue weighted by molar-refractivity contribution is -0.137. The number of nitrogens with zero attached hydrogens (tertiary/aromatic N) is 2. The molecule has 0 spiro atoms. The first-order chi connectivity index (χ1) is 12.8. The predicted octanol–water partition coefficient (Wildman–Crippen LogP) is 3.64. The number of fused-ring (bicyclic) bond motifs is 1. The summed E-state index contributed by atoms with van der Waals surface area (Å²) in [7, 11) is 0. The fraction of sp³-hybridized carbons (Fsp3) is 0.222. The molecule has 0 fully saturated rings. The number of nitrogens with one attached hydrogen (secondary N) is 1. The third-order valence-corrected chi connectivity index (χ3v) is 3.73. The lowest BCUT2D eigenvalue weighted by atomic mass is 10.2. The van der Waals surface area contributed by atoms with Crippen molar-refractivity contribution in [1.29, 1.82) is 0 Å². The molecule has 0 radical (unpaired) electrons. The monoisotopic (exact) mass is 381 g/mol. The van der Waals surface area contributed by atoms with E-state index in [0.29, 0.717) is 16.7 Å². The average Bonchev–Trinajstić information content (AvgIpc) is 2.64. The third kappa shape index (κ3) is 4.82. The Kier molecular flexibility index (Phi) is 5.41. The topological polar surface area (TPSA) is 67.3 Å². The minimum Gasteiger partial charge on any atom is -0.491 e. The van der Waals surface area contributed by atoms with E-state index in [-0.39, 0.29) is 18.9 Å². The Labute approximate surface area is 151 Å². The van der Waals surface area contributed by atoms with Crippen LogP contribution in [0.2, 0.25) is 0 Å². The number of aromatic nitrogens is 2. The molecule has 27 heavy (non-hydrogen) atoms. The van der Waals surface area contributed by atoms with E-state index in [0.717, 1.165) is 12.1 Å². The van der Waals surface area contributed by atoms with Crippen LogP contribution >= 0.6 is 0 Å². The predicted molar refractivity (Wildman–Crippen MR) is 90.9 cm³/mol. The fourth-order valence-electron chi connectivity index (χ4n) is 2.38. The minimum absolute atomic E-state index is 0.0449. The van der Waals surface area contributed by atoms with Crippen LogP contribution in [-0.4, -0.2) is 34.3 Å². The van der Waals surface area contributed by atoms with Crippen molar-refractivity contribution in [3.05, 3.63) is 60.2 Å². The van der Waals surface area contributed by atoms with Gasteiger partial charge in [0.1, 0.15) is 36.4 Å². The molecule has 0 aliphatic carbocycles. The van der Waals surface area contributed by atoms with Gasteiger partial charge in [-0.25, -0.2) is 14.4 Å². The molecule has 3 rings (SSSR count). The molecule has 9 heteroatoms. The number of hydrogen-bond acceptors (Lipinski definition) is 5. The van der Waals surface area contributed by atoms with Gasteiger partial charge in [0.05, 0.1) is 11.1 Å². The van der Waals surface area contributed by atoms with Crippen LogP contribution in [0.25, 0.3) is 10.9 Å². The van der Waals surface area contributed by atoms with Crippen LogP contribution in [0.15, 0.2) is 48.8 Å². The highest BCUT2D eigenvalue weighted by Gasteiger charge is 2.30. The maximum absolute atomic E-state index is 13.4. The van der Waals surface area contributed by atoms with Gasteiger partial charge < -0.3 is 15.2 Å². The Morgan fingerprint density at radius 1 is 1.07 bits per heavy atom. The summed E-state index contributed by atoms with van der Waals surface area (Å²) in [5, 5.41) is 13.3. The number of benzene rings is 2. The Hall–Kier alpha value is -2.94. The number of hydrogen-bond donors (Lipinski definition) is 2. The van der Waals surface area contributed by atoms with E-state index in [1.54, 1.807) is 0 Å². The van der Waals surface area contributed by atoms with Crippen molar-refractivity contribution >= 4 is 16.7 Å². The summed E-state index contributed by atoms with van der Waals surface area (Å²) in [4.78, 5) is 8.05. The number of aliphatic hydroxyl groups is 1. The Morgan fingerprint density at radius 2 is 1.81 bits per heavy atom. The first-order valence-electron chi connectivity index (χ1n) is 7.95. The maximum Gasteiger partial charge on any atom is 0.416 e. The Balaban J connectivity index is 1.56. The Morgan fingerprint density at radius 3 is 2.52 bits per heavy atom. The van der Waals surface area contributed by atoms with Crippen molar-refractivity contribution in [3.8, 4) is 5.75 Å². The molecular formula is C18H15F4N3O2. The number of anilines is 1. The summed E-state index contributed by atoms with van der Waals surface area (Å²) < 4.78 is 56.2. The molecule has 2 N–H and O–H groups in total. The van der Waals surface area contributed by atoms with Crippen LogP contribution < -0.4 is 10.1 Å². The summed E-state index contributed by atoms with van der Waals surface area (Å²) in [6, 6.07) is 8.26. The van der Waals surface area contributed by atoms with E-state index in [1.807, 2.05) is 0 Å². The normalized spacial score (nSPS) is 12.8. The van der Waals surface area contributed by atoms with Crippen LogP contribution in [0.5, 0.6) is 5.75 Å². The van der Waals surface area contributed by atoms with Crippen molar-refractivity contribution < 1.29 is 27.4 Å². The van der Waals surface area contributed by atoms with Gasteiger partial charge in [0, 0.05) is 11.9 Å². The summed E-state index contributed by atoms with van der Waals surface area (Å²) in [5.41, 5.74) is -0.232. The van der Waals surface area contributed by atoms with Gasteiger partial charge in [0.15, 0.2) is 0 Å². The van der Waals surface area contributed by atoms with Gasteiger partial charge in [-0.1, -0.05) is 0 Å². The summed E-state index contributed by atoms with van der Waals surface area (Å²) in [6.45, 7) is -0.0982. The molecule has 1 heterocycles. The molecule has 0 aliphatic heterocycles. The number of alkyl halides is 3. The fourth-order valence-corrected chi connectivity index (χ4v) is 2.38. The van der Waals surface area contributed by atoms with Crippen LogP contribution in [-0.2, 0) is 6.18 Å². The summed E-state index contributed by atoms with van der Waals surface area (Å²) in [6.07, 6.45) is -4.07. The van der Waals surface area contributed by atoms with E-state index in [2.05, 4.69) is 15.3 Å². The van der Waals surface area contributed by atoms with Crippen molar-refractivity contribution in [3.63, 3.8) is 0 Å². The average molecular weight is 381 g/mol. The van der Waals surface area contributed by atoms with Gasteiger partial charge in [-0.3, -0.25) is 0 Å². The molecule has 1 aromatic heterocycles. The molecule has 0 saturated carbocycles. The van der Waals surface area contributed by atoms with Crippen LogP contribution in [0.3, 0.4) is 0 Å². The second-order valence-electron chi connectivity index (χ2n) is 5.75. The smallest absolute Gasteiger partial charge is 0.416 e. The van der Waals surface area contributed by atoms with E-state index >= 15 is 0 Å². The zero-order valence-corrected chi connectivity index (χ0v) is 13.9. The van der Waals surface area contributed by atoms with E-state index < -0.39 is 23.7 Å². The Bertz CT molecular complexity index is 917. The minimum atomic E-state index is -4.41. The first kappa shape index (κ1) is 18.8. The number of halogens is 4. The van der Waals surface area contributed by atoms with Crippen molar-refractivity contribution in [2.45, 2.75) is 12.3 Å². The highest BCUT2D eigenvalue weighted by atomic mass is 19.4. The number of rotatable bonds is 6. The molecule has 0 bridgehead atoms. The summed E-state index contributed by atoms with van der Waals surface area (Å²) >= 11 is 0. The van der Waals surface area contributed by atoms with Crippen LogP contribution in [0, 0.1) is 5.82 Å². The van der Waals surface area contributed by atoms with E-state index in [4.69, 9.17) is 4.74 Å².